The van der Waals surface area contributed by atoms with Crippen LogP contribution in [0, 0.1) is 6.92 Å². The molecule has 0 aliphatic heterocycles. The van der Waals surface area contributed by atoms with E-state index in [4.69, 9.17) is 12.2 Å². The Bertz CT molecular complexity index is 446. The highest BCUT2D eigenvalue weighted by Crippen LogP contribution is 2.14. The summed E-state index contributed by atoms with van der Waals surface area (Å²) in [7, 11) is 0. The quantitative estimate of drug-likeness (QED) is 0.617. The molecule has 19 heavy (non-hydrogen) atoms. The number of aromatic nitrogens is 3. The van der Waals surface area contributed by atoms with E-state index in [1.807, 2.05) is 20.8 Å². The van der Waals surface area contributed by atoms with Gasteiger partial charge in [0.2, 0.25) is 11.1 Å². The molecule has 0 saturated carbocycles. The maximum absolute atomic E-state index is 11.6. The number of rotatable bonds is 6. The Labute approximate surface area is 122 Å². The number of carbonyl (C=O) groups excluding carboxylic acids is 1. The van der Waals surface area contributed by atoms with E-state index in [1.54, 1.807) is 16.4 Å². The number of hydrogen-bond acceptors (Lipinski definition) is 5. The lowest BCUT2D eigenvalue weighted by atomic mass is 10.2. The van der Waals surface area contributed by atoms with Gasteiger partial charge in [-0.3, -0.25) is 10.2 Å². The van der Waals surface area contributed by atoms with Crippen LogP contribution in [0.2, 0.25) is 0 Å². The molecule has 2 N–H and O–H groups in total. The number of unbranched alkanes of at least 4 members (excludes halogenated alkanes) is 1. The second kappa shape index (κ2) is 8.11. The lowest BCUT2D eigenvalue weighted by Crippen LogP contribution is -2.38. The zero-order chi connectivity index (χ0) is 14.3. The maximum atomic E-state index is 11.6. The third-order valence-electron chi connectivity index (χ3n) is 2.29. The van der Waals surface area contributed by atoms with Gasteiger partial charge in [0.15, 0.2) is 5.11 Å². The number of thioether (sulfide) groups is 1. The number of aryl methyl sites for hydroxylation is 1. The summed E-state index contributed by atoms with van der Waals surface area (Å²) in [6.45, 7) is 5.89. The second-order valence-electron chi connectivity index (χ2n) is 3.89. The molecule has 0 atom stereocenters. The topological polar surface area (TPSA) is 71.8 Å². The Balaban J connectivity index is 2.56. The van der Waals surface area contributed by atoms with Gasteiger partial charge in [-0.2, -0.15) is 0 Å². The van der Waals surface area contributed by atoms with E-state index in [2.05, 4.69) is 20.9 Å². The van der Waals surface area contributed by atoms with Gasteiger partial charge in [0, 0.05) is 6.42 Å². The summed E-state index contributed by atoms with van der Waals surface area (Å²) in [6, 6.07) is 0. The Morgan fingerprint density at radius 2 is 2.16 bits per heavy atom. The first-order valence-electron chi connectivity index (χ1n) is 6.24. The Hall–Kier alpha value is -1.15. The molecule has 0 fully saturated rings. The molecule has 0 bridgehead atoms. The molecule has 106 valence electrons. The lowest BCUT2D eigenvalue weighted by molar-refractivity contribution is -0.119. The molecule has 0 unspecified atom stereocenters. The fourth-order valence-corrected chi connectivity index (χ4v) is 2.22. The van der Waals surface area contributed by atoms with E-state index in [-0.39, 0.29) is 11.0 Å². The molecule has 0 aliphatic carbocycles. The van der Waals surface area contributed by atoms with Crippen LogP contribution in [0.3, 0.4) is 0 Å². The Morgan fingerprint density at radius 3 is 2.79 bits per heavy atom. The van der Waals surface area contributed by atoms with Crippen molar-refractivity contribution in [1.29, 1.82) is 0 Å². The zero-order valence-corrected chi connectivity index (χ0v) is 13.0. The van der Waals surface area contributed by atoms with Crippen molar-refractivity contribution in [3.63, 3.8) is 0 Å². The molecular weight excluding hydrogens is 282 g/mol. The van der Waals surface area contributed by atoms with Crippen LogP contribution in [0.15, 0.2) is 5.16 Å². The molecule has 0 saturated heterocycles. The fourth-order valence-electron chi connectivity index (χ4n) is 1.35. The highest BCUT2D eigenvalue weighted by molar-refractivity contribution is 7.99. The summed E-state index contributed by atoms with van der Waals surface area (Å²) < 4.78 is 1.68. The summed E-state index contributed by atoms with van der Waals surface area (Å²) in [6.07, 6.45) is 2.32. The standard InChI is InChI=1S/C11H19N5OS2/c1-4-6-7-9(17)12-10(18)15-16-8(3)13-14-11(16)19-5-2/h4-7H2,1-3H3,(H2,12,15,17,18). The summed E-state index contributed by atoms with van der Waals surface area (Å²) in [5.41, 5.74) is 2.92. The molecule has 8 heteroatoms. The molecule has 0 radical (unpaired) electrons. The molecular formula is C11H19N5OS2. The van der Waals surface area contributed by atoms with Crippen molar-refractivity contribution >= 4 is 35.0 Å². The number of nitrogens with one attached hydrogen (secondary N) is 2. The molecule has 1 aromatic heterocycles. The van der Waals surface area contributed by atoms with Crippen LogP contribution in [0.1, 0.15) is 38.9 Å². The number of amides is 1. The van der Waals surface area contributed by atoms with Gasteiger partial charge < -0.3 is 5.32 Å². The monoisotopic (exact) mass is 301 g/mol. The largest absolute Gasteiger partial charge is 0.302 e. The Kier molecular flexibility index (Phi) is 6.79. The third-order valence-corrected chi connectivity index (χ3v) is 3.30. The molecule has 0 aliphatic rings. The summed E-state index contributed by atoms with van der Waals surface area (Å²) in [5.74, 6) is 1.51. The van der Waals surface area contributed by atoms with E-state index >= 15 is 0 Å². The van der Waals surface area contributed by atoms with E-state index < -0.39 is 0 Å². The van der Waals surface area contributed by atoms with Crippen molar-refractivity contribution in [2.75, 3.05) is 11.2 Å². The van der Waals surface area contributed by atoms with E-state index in [0.29, 0.717) is 12.2 Å². The first-order valence-corrected chi connectivity index (χ1v) is 7.63. The highest BCUT2D eigenvalue weighted by Gasteiger charge is 2.11. The van der Waals surface area contributed by atoms with E-state index in [0.717, 1.165) is 23.8 Å². The molecule has 1 heterocycles. The zero-order valence-electron chi connectivity index (χ0n) is 11.4. The lowest BCUT2D eigenvalue weighted by Gasteiger charge is -2.12. The first-order chi connectivity index (χ1) is 9.08. The predicted octanol–water partition coefficient (Wildman–Crippen LogP) is 1.83. The van der Waals surface area contributed by atoms with Gasteiger partial charge in [-0.15, -0.1) is 10.2 Å². The molecule has 0 spiro atoms. The highest BCUT2D eigenvalue weighted by atomic mass is 32.2. The minimum absolute atomic E-state index is 0.0743. The Morgan fingerprint density at radius 1 is 1.42 bits per heavy atom. The smallest absolute Gasteiger partial charge is 0.226 e. The van der Waals surface area contributed by atoms with Gasteiger partial charge in [-0.25, -0.2) is 4.68 Å². The van der Waals surface area contributed by atoms with Crippen LogP contribution < -0.4 is 10.7 Å². The van der Waals surface area contributed by atoms with Crippen LogP contribution in [0.4, 0.5) is 0 Å². The van der Waals surface area contributed by atoms with Gasteiger partial charge in [-0.05, 0) is 31.3 Å². The van der Waals surface area contributed by atoms with Gasteiger partial charge in [0.25, 0.3) is 0 Å². The van der Waals surface area contributed by atoms with Gasteiger partial charge >= 0.3 is 0 Å². The van der Waals surface area contributed by atoms with E-state index in [1.165, 1.54) is 0 Å². The number of nitrogens with zero attached hydrogens (tertiary/aromatic N) is 3. The average molecular weight is 301 g/mol. The number of carbonyl (C=O) groups is 1. The molecule has 0 aromatic carbocycles. The molecule has 1 rings (SSSR count). The van der Waals surface area contributed by atoms with Gasteiger partial charge in [0.05, 0.1) is 0 Å². The van der Waals surface area contributed by atoms with Crippen molar-refractivity contribution in [3.05, 3.63) is 5.82 Å². The van der Waals surface area contributed by atoms with Crippen molar-refractivity contribution in [1.82, 2.24) is 20.2 Å². The summed E-state index contributed by atoms with van der Waals surface area (Å²) >= 11 is 6.66. The van der Waals surface area contributed by atoms with Crippen molar-refractivity contribution in [2.24, 2.45) is 0 Å². The average Bonchev–Trinajstić information content (AvgIpc) is 2.69. The van der Waals surface area contributed by atoms with Crippen molar-refractivity contribution in [2.45, 2.75) is 45.2 Å². The number of thiocarbonyl (C=S) groups is 1. The second-order valence-corrected chi connectivity index (χ2v) is 5.53. The van der Waals surface area contributed by atoms with Crippen LogP contribution in [-0.4, -0.2) is 31.6 Å². The van der Waals surface area contributed by atoms with Gasteiger partial charge in [-0.1, -0.05) is 32.0 Å². The minimum Gasteiger partial charge on any atom is -0.302 e. The third kappa shape index (κ3) is 5.15. The molecule has 1 aromatic rings. The normalized spacial score (nSPS) is 10.3. The molecule has 1 amide bonds. The predicted molar refractivity (Wildman–Crippen MR) is 80.8 cm³/mol. The van der Waals surface area contributed by atoms with Crippen LogP contribution in [0.5, 0.6) is 0 Å². The van der Waals surface area contributed by atoms with Crippen molar-refractivity contribution < 1.29 is 4.79 Å². The summed E-state index contributed by atoms with van der Waals surface area (Å²) in [5, 5.41) is 11.6. The minimum atomic E-state index is -0.0743. The first kappa shape index (κ1) is 15.9. The van der Waals surface area contributed by atoms with Crippen LogP contribution in [-0.2, 0) is 4.79 Å². The van der Waals surface area contributed by atoms with Crippen LogP contribution in [0.25, 0.3) is 0 Å². The van der Waals surface area contributed by atoms with E-state index in [9.17, 15) is 4.79 Å². The van der Waals surface area contributed by atoms with Crippen LogP contribution >= 0.6 is 24.0 Å². The maximum Gasteiger partial charge on any atom is 0.226 e. The number of hydrogen-bond donors (Lipinski definition) is 2. The molecule has 6 nitrogen and oxygen atoms in total. The van der Waals surface area contributed by atoms with Gasteiger partial charge in [0.1, 0.15) is 5.82 Å². The summed E-state index contributed by atoms with van der Waals surface area (Å²) in [4.78, 5) is 11.6. The van der Waals surface area contributed by atoms with Crippen molar-refractivity contribution in [3.8, 4) is 0 Å². The fraction of sp³-hybridized carbons (Fsp3) is 0.636. The SMILES string of the molecule is CCCCC(=O)NC(=S)Nn1c(C)nnc1SCC.